The van der Waals surface area contributed by atoms with Crippen LogP contribution in [0.3, 0.4) is 0 Å². The molecule has 3 aliphatic heterocycles. The first-order valence-corrected chi connectivity index (χ1v) is 25.5. The van der Waals surface area contributed by atoms with E-state index in [1.807, 2.05) is 32.9 Å². The second-order valence-corrected chi connectivity index (χ2v) is 20.4. The van der Waals surface area contributed by atoms with Crippen LogP contribution in [0.2, 0.25) is 0 Å². The first kappa shape index (κ1) is 54.2. The predicted molar refractivity (Wildman–Crippen MR) is 263 cm³/mol. The van der Waals surface area contributed by atoms with Gasteiger partial charge in [-0.2, -0.15) is 0 Å². The summed E-state index contributed by atoms with van der Waals surface area (Å²) in [5, 5.41) is 25.2. The highest BCUT2D eigenvalue weighted by atomic mass is 16.7. The lowest BCUT2D eigenvalue weighted by Crippen LogP contribution is -2.64. The van der Waals surface area contributed by atoms with Crippen molar-refractivity contribution < 1.29 is 57.8 Å². The molecule has 4 aliphatic rings. The smallest absolute Gasteiger partial charge is 0.329 e. The lowest BCUT2D eigenvalue weighted by atomic mass is 9.81. The number of methoxy groups -OCH3 is 2. The van der Waals surface area contributed by atoms with E-state index in [2.05, 4.69) is 55.5 Å². The van der Waals surface area contributed by atoms with E-state index < -0.39 is 77.8 Å². The molecule has 1 saturated carbocycles. The first-order chi connectivity index (χ1) is 33.0. The standard InChI is InChI=1S/C55H80N2O12/c1-11-16-40-26-33(4)25-34(5)27-48(64-9)51-49(65-10)29-36(7)55(63,69-51)52(60)53(61)57-23-15-14-17-43(57)54(62)68-50(37(8)44(58)32-45(40)59)35(6)28-38-18-21-46(47(30-38)66-13-3)67-41-19-20-42-39(31-41)22-24-56(42)12-2/h11,19-20,22,24,26,28,31,34,36-38,40,43-44,46-51,58,63H,1,12-18,21,23,25,27,29-30,32H2,2-10H3. The van der Waals surface area contributed by atoms with Gasteiger partial charge in [-0.15, -0.1) is 6.58 Å². The molecule has 14 heteroatoms. The van der Waals surface area contributed by atoms with Gasteiger partial charge in [-0.3, -0.25) is 14.4 Å². The van der Waals surface area contributed by atoms with Gasteiger partial charge in [0, 0.05) is 75.2 Å². The number of piperidine rings is 1. The highest BCUT2D eigenvalue weighted by Gasteiger charge is 2.56. The quantitative estimate of drug-likeness (QED) is 0.126. The maximum Gasteiger partial charge on any atom is 0.329 e. The normalized spacial score (nSPS) is 35.2. The fourth-order valence-electron chi connectivity index (χ4n) is 11.4. The summed E-state index contributed by atoms with van der Waals surface area (Å²) in [6.45, 7) is 18.8. The largest absolute Gasteiger partial charge is 0.488 e. The van der Waals surface area contributed by atoms with Gasteiger partial charge in [0.2, 0.25) is 5.79 Å². The third-order valence-electron chi connectivity index (χ3n) is 15.3. The molecule has 1 aromatic heterocycles. The van der Waals surface area contributed by atoms with Crippen LogP contribution in [0.15, 0.2) is 66.4 Å². The zero-order chi connectivity index (χ0) is 50.2. The SMILES string of the molecule is C=CCC1C=C(C)CC(C)CC(OC)C2OC(O)(C(=O)C(=O)N3CCCCC3C(=O)OC(C(C)=CC3CCC(Oc4ccc5c(ccn5CC)c4)C(OCC)C3)C(C)C(O)CC1=O)C(C)CC2OC. The van der Waals surface area contributed by atoms with Crippen molar-refractivity contribution in [3.8, 4) is 5.75 Å². The molecule has 382 valence electrons. The van der Waals surface area contributed by atoms with E-state index in [0.29, 0.717) is 57.1 Å². The Labute approximate surface area is 409 Å². The average Bonchev–Trinajstić information content (AvgIpc) is 3.75. The van der Waals surface area contributed by atoms with E-state index in [1.54, 1.807) is 19.9 Å². The molecule has 0 spiro atoms. The fourth-order valence-corrected chi connectivity index (χ4v) is 11.4. The maximum absolute atomic E-state index is 14.6. The number of ether oxygens (including phenoxy) is 6. The Balaban J connectivity index is 1.31. The van der Waals surface area contributed by atoms with Crippen molar-refractivity contribution in [1.29, 1.82) is 0 Å². The summed E-state index contributed by atoms with van der Waals surface area (Å²) >= 11 is 0. The number of aliphatic hydroxyl groups is 2. The molecule has 0 radical (unpaired) electrons. The number of carbonyl (C=O) groups is 4. The number of fused-ring (bicyclic) bond motifs is 4. The second-order valence-electron chi connectivity index (χ2n) is 20.4. The number of allylic oxidation sites excluding steroid dienone is 4. The number of benzene rings is 1. The first-order valence-electron chi connectivity index (χ1n) is 25.5. The summed E-state index contributed by atoms with van der Waals surface area (Å²) in [5.74, 6) is -6.95. The summed E-state index contributed by atoms with van der Waals surface area (Å²) in [4.78, 5) is 58.8. The monoisotopic (exact) mass is 961 g/mol. The molecular weight excluding hydrogens is 881 g/mol. The minimum Gasteiger partial charge on any atom is -0.488 e. The Morgan fingerprint density at radius 2 is 1.68 bits per heavy atom. The van der Waals surface area contributed by atoms with Gasteiger partial charge in [0.05, 0.1) is 24.4 Å². The van der Waals surface area contributed by atoms with Gasteiger partial charge < -0.3 is 48.1 Å². The van der Waals surface area contributed by atoms with Crippen molar-refractivity contribution in [2.75, 3.05) is 27.4 Å². The van der Waals surface area contributed by atoms with Gasteiger partial charge in [0.15, 0.2) is 0 Å². The highest BCUT2D eigenvalue weighted by molar-refractivity contribution is 6.39. The molecule has 2 saturated heterocycles. The zero-order valence-electron chi connectivity index (χ0n) is 42.6. The number of hydrogen-bond donors (Lipinski definition) is 2. The van der Waals surface area contributed by atoms with Crippen LogP contribution >= 0.6 is 0 Å². The minimum atomic E-state index is -2.52. The number of ketones is 2. The van der Waals surface area contributed by atoms with Gasteiger partial charge >= 0.3 is 5.97 Å². The Bertz CT molecular complexity index is 2160. The minimum absolute atomic E-state index is 0.00449. The molecule has 2 bridgehead atoms. The Hall–Kier alpha value is -4.18. The zero-order valence-corrected chi connectivity index (χ0v) is 42.6. The second kappa shape index (κ2) is 24.3. The molecule has 2 N–H and O–H groups in total. The fraction of sp³-hybridized carbons (Fsp3) is 0.673. The van der Waals surface area contributed by atoms with Crippen LogP contribution < -0.4 is 4.74 Å². The Kier molecular flexibility index (Phi) is 19.1. The van der Waals surface area contributed by atoms with E-state index >= 15 is 0 Å². The topological polar surface area (TPSA) is 172 Å². The Morgan fingerprint density at radius 1 is 0.942 bits per heavy atom. The van der Waals surface area contributed by atoms with E-state index in [9.17, 15) is 29.4 Å². The maximum atomic E-state index is 14.6. The van der Waals surface area contributed by atoms with Gasteiger partial charge in [-0.1, -0.05) is 44.6 Å². The molecule has 14 unspecified atom stereocenters. The number of aromatic nitrogens is 1. The van der Waals surface area contributed by atoms with Crippen molar-refractivity contribution in [3.63, 3.8) is 0 Å². The van der Waals surface area contributed by atoms with Crippen molar-refractivity contribution in [1.82, 2.24) is 9.47 Å². The number of Topliss-reactive ketones (excluding diaryl/α,β-unsaturated/α-hetero) is 2. The summed E-state index contributed by atoms with van der Waals surface area (Å²) in [5.41, 5.74) is 2.80. The van der Waals surface area contributed by atoms with Crippen LogP contribution in [0.1, 0.15) is 119 Å². The van der Waals surface area contributed by atoms with Gasteiger partial charge in [-0.25, -0.2) is 4.79 Å². The molecule has 3 fully saturated rings. The molecule has 4 heterocycles. The van der Waals surface area contributed by atoms with Crippen molar-refractivity contribution >= 4 is 34.3 Å². The molecule has 1 aliphatic carbocycles. The predicted octanol–water partition coefficient (Wildman–Crippen LogP) is 8.09. The van der Waals surface area contributed by atoms with Crippen LogP contribution in [-0.4, -0.2) is 125 Å². The molecule has 14 nitrogen and oxygen atoms in total. The summed E-state index contributed by atoms with van der Waals surface area (Å²) in [6, 6.07) is 7.11. The number of hydrogen-bond acceptors (Lipinski definition) is 12. The molecule has 69 heavy (non-hydrogen) atoms. The average molecular weight is 961 g/mol. The number of aliphatic hydroxyl groups excluding tert-OH is 1. The number of carbonyl (C=O) groups excluding carboxylic acids is 4. The van der Waals surface area contributed by atoms with Crippen molar-refractivity contribution in [2.45, 2.75) is 180 Å². The van der Waals surface area contributed by atoms with Crippen LogP contribution in [0.4, 0.5) is 0 Å². The van der Waals surface area contributed by atoms with Crippen LogP contribution in [0, 0.1) is 29.6 Å². The van der Waals surface area contributed by atoms with Gasteiger partial charge in [-0.05, 0) is 134 Å². The van der Waals surface area contributed by atoms with Gasteiger partial charge in [0.1, 0.15) is 35.9 Å². The summed E-state index contributed by atoms with van der Waals surface area (Å²) in [7, 11) is 3.07. The third-order valence-corrected chi connectivity index (χ3v) is 15.3. The number of amides is 1. The highest BCUT2D eigenvalue weighted by Crippen LogP contribution is 2.40. The lowest BCUT2D eigenvalue weighted by molar-refractivity contribution is -0.302. The molecule has 2 aromatic rings. The van der Waals surface area contributed by atoms with Crippen LogP contribution in [0.5, 0.6) is 5.75 Å². The number of rotatable bonds is 11. The summed E-state index contributed by atoms with van der Waals surface area (Å²) < 4.78 is 39.7. The number of cyclic esters (lactones) is 1. The van der Waals surface area contributed by atoms with Crippen molar-refractivity contribution in [3.05, 3.63) is 66.4 Å². The number of nitrogens with zero attached hydrogens (tertiary/aromatic N) is 2. The number of aryl methyl sites for hydroxylation is 1. The molecule has 14 atom stereocenters. The molecule has 1 amide bonds. The molecule has 6 rings (SSSR count). The van der Waals surface area contributed by atoms with E-state index in [0.717, 1.165) is 35.2 Å². The van der Waals surface area contributed by atoms with E-state index in [-0.39, 0.29) is 55.6 Å². The molecule has 1 aromatic carbocycles. The van der Waals surface area contributed by atoms with Crippen LogP contribution in [-0.2, 0) is 49.4 Å². The van der Waals surface area contributed by atoms with Crippen LogP contribution in [0.25, 0.3) is 10.9 Å². The van der Waals surface area contributed by atoms with Crippen molar-refractivity contribution in [2.24, 2.45) is 29.6 Å². The molecular formula is C55H80N2O12. The third kappa shape index (κ3) is 12.7. The summed E-state index contributed by atoms with van der Waals surface area (Å²) in [6.07, 6.45) is 8.02. The lowest BCUT2D eigenvalue weighted by Gasteiger charge is -2.47. The number of esters is 1. The van der Waals surface area contributed by atoms with E-state index in [4.69, 9.17) is 28.4 Å². The van der Waals surface area contributed by atoms with E-state index in [1.165, 1.54) is 19.1 Å². The van der Waals surface area contributed by atoms with Gasteiger partial charge in [0.25, 0.3) is 11.7 Å². The Morgan fingerprint density at radius 3 is 2.38 bits per heavy atom.